The summed E-state index contributed by atoms with van der Waals surface area (Å²) < 4.78 is 0. The Bertz CT molecular complexity index is 685. The van der Waals surface area contributed by atoms with Gasteiger partial charge < -0.3 is 0 Å². The van der Waals surface area contributed by atoms with E-state index in [-0.39, 0.29) is 11.9 Å². The van der Waals surface area contributed by atoms with Gasteiger partial charge in [0.15, 0.2) is 0 Å². The number of carbonyl (C=O) groups excluding carboxylic acids is 2. The van der Waals surface area contributed by atoms with Gasteiger partial charge in [-0.25, -0.2) is 9.69 Å². The molecule has 2 aromatic carbocycles. The molecule has 0 bridgehead atoms. The fraction of sp³-hybridized carbons (Fsp3) is 0.125. The summed E-state index contributed by atoms with van der Waals surface area (Å²) in [5, 5.41) is 0.561. The molecule has 0 unspecified atom stereocenters. The largest absolute Gasteiger partial charge is 0.336 e. The first-order valence-corrected chi connectivity index (χ1v) is 6.95. The van der Waals surface area contributed by atoms with Gasteiger partial charge in [-0.05, 0) is 43.3 Å². The Labute approximate surface area is 127 Å². The van der Waals surface area contributed by atoms with Crippen LogP contribution >= 0.6 is 11.6 Å². The topological polar surface area (TPSA) is 40.6 Å². The third-order valence-corrected chi connectivity index (χ3v) is 3.73. The second-order valence-corrected chi connectivity index (χ2v) is 5.25. The lowest BCUT2D eigenvalue weighted by Crippen LogP contribution is -2.33. The number of nitrogens with zero attached hydrogens (tertiary/aromatic N) is 2. The molecule has 0 spiro atoms. The Morgan fingerprint density at radius 3 is 2.14 bits per heavy atom. The summed E-state index contributed by atoms with van der Waals surface area (Å²) in [6, 6.07) is 14.9. The van der Waals surface area contributed by atoms with Crippen molar-refractivity contribution < 1.29 is 9.59 Å². The standard InChI is InChI=1S/C16H13ClN2O2/c1-11-15(20)19(14-9-7-12(17)8-10-14)16(21)18(11)13-5-3-2-4-6-13/h2-11H,1H3/t11-/m1/s1. The van der Waals surface area contributed by atoms with Gasteiger partial charge in [0.2, 0.25) is 0 Å². The van der Waals surface area contributed by atoms with Crippen LogP contribution in [-0.4, -0.2) is 18.0 Å². The lowest BCUT2D eigenvalue weighted by atomic mass is 10.2. The van der Waals surface area contributed by atoms with Crippen LogP contribution in [0.1, 0.15) is 6.92 Å². The van der Waals surface area contributed by atoms with Gasteiger partial charge in [0.05, 0.1) is 5.69 Å². The summed E-state index contributed by atoms with van der Waals surface area (Å²) in [7, 11) is 0. The van der Waals surface area contributed by atoms with Crippen molar-refractivity contribution in [2.75, 3.05) is 9.80 Å². The highest BCUT2D eigenvalue weighted by Crippen LogP contribution is 2.30. The SMILES string of the molecule is C[C@@H]1C(=O)N(c2ccc(Cl)cc2)C(=O)N1c1ccccc1. The first-order valence-electron chi connectivity index (χ1n) is 6.57. The average molecular weight is 301 g/mol. The summed E-state index contributed by atoms with van der Waals surface area (Å²) in [5.74, 6) is -0.244. The summed E-state index contributed by atoms with van der Waals surface area (Å²) in [5.41, 5.74) is 1.24. The quantitative estimate of drug-likeness (QED) is 0.793. The minimum absolute atomic E-state index is 0.244. The number of amides is 3. The number of hydrogen-bond acceptors (Lipinski definition) is 2. The molecule has 0 radical (unpaired) electrons. The van der Waals surface area contributed by atoms with E-state index >= 15 is 0 Å². The lowest BCUT2D eigenvalue weighted by Gasteiger charge is -2.19. The zero-order valence-electron chi connectivity index (χ0n) is 11.4. The molecule has 0 aromatic heterocycles. The van der Waals surface area contributed by atoms with E-state index in [4.69, 9.17) is 11.6 Å². The highest BCUT2D eigenvalue weighted by atomic mass is 35.5. The van der Waals surface area contributed by atoms with E-state index in [1.807, 2.05) is 30.3 Å². The molecule has 1 aliphatic rings. The van der Waals surface area contributed by atoms with Gasteiger partial charge in [0.25, 0.3) is 5.91 Å². The van der Waals surface area contributed by atoms with Gasteiger partial charge >= 0.3 is 6.03 Å². The smallest absolute Gasteiger partial charge is 0.281 e. The van der Waals surface area contributed by atoms with Crippen LogP contribution in [0.3, 0.4) is 0 Å². The van der Waals surface area contributed by atoms with Crippen molar-refractivity contribution in [1.82, 2.24) is 0 Å². The van der Waals surface area contributed by atoms with Crippen LogP contribution in [0.15, 0.2) is 54.6 Å². The van der Waals surface area contributed by atoms with Crippen LogP contribution < -0.4 is 9.80 Å². The molecule has 1 aliphatic heterocycles. The molecule has 1 fully saturated rings. The molecule has 1 atom stereocenters. The third-order valence-electron chi connectivity index (χ3n) is 3.48. The molecule has 3 amide bonds. The number of carbonyl (C=O) groups is 2. The van der Waals surface area contributed by atoms with Crippen LogP contribution in [0.2, 0.25) is 5.02 Å². The van der Waals surface area contributed by atoms with Crippen molar-refractivity contribution in [2.24, 2.45) is 0 Å². The van der Waals surface area contributed by atoms with Gasteiger partial charge in [0, 0.05) is 10.7 Å². The number of benzene rings is 2. The predicted octanol–water partition coefficient (Wildman–Crippen LogP) is 3.70. The Morgan fingerprint density at radius 2 is 1.52 bits per heavy atom. The molecule has 106 valence electrons. The third kappa shape index (κ3) is 2.28. The zero-order valence-corrected chi connectivity index (χ0v) is 12.1. The van der Waals surface area contributed by atoms with Gasteiger partial charge in [-0.1, -0.05) is 29.8 Å². The Balaban J connectivity index is 1.99. The molecular weight excluding hydrogens is 288 g/mol. The van der Waals surface area contributed by atoms with E-state index < -0.39 is 6.04 Å². The van der Waals surface area contributed by atoms with E-state index in [2.05, 4.69) is 0 Å². The first-order chi connectivity index (χ1) is 10.1. The van der Waals surface area contributed by atoms with Crippen LogP contribution in [0.25, 0.3) is 0 Å². The minimum atomic E-state index is -0.532. The van der Waals surface area contributed by atoms with Crippen molar-refractivity contribution >= 4 is 34.9 Å². The monoisotopic (exact) mass is 300 g/mol. The summed E-state index contributed by atoms with van der Waals surface area (Å²) in [6.07, 6.45) is 0. The molecule has 0 aliphatic carbocycles. The first kappa shape index (κ1) is 13.6. The maximum Gasteiger partial charge on any atom is 0.336 e. The van der Waals surface area contributed by atoms with Crippen molar-refractivity contribution in [3.8, 4) is 0 Å². The zero-order chi connectivity index (χ0) is 15.0. The van der Waals surface area contributed by atoms with Crippen LogP contribution in [0.5, 0.6) is 0 Å². The second-order valence-electron chi connectivity index (χ2n) is 4.81. The van der Waals surface area contributed by atoms with Crippen LogP contribution in [-0.2, 0) is 4.79 Å². The maximum absolute atomic E-state index is 12.6. The number of halogens is 1. The van der Waals surface area contributed by atoms with Crippen LogP contribution in [0.4, 0.5) is 16.2 Å². The highest BCUT2D eigenvalue weighted by Gasteiger charge is 2.44. The van der Waals surface area contributed by atoms with E-state index in [1.54, 1.807) is 31.2 Å². The Kier molecular flexibility index (Phi) is 3.39. The van der Waals surface area contributed by atoms with E-state index in [0.29, 0.717) is 16.4 Å². The highest BCUT2D eigenvalue weighted by molar-refractivity contribution is 6.31. The maximum atomic E-state index is 12.6. The van der Waals surface area contributed by atoms with Crippen LogP contribution in [0, 0.1) is 0 Å². The molecule has 1 saturated heterocycles. The average Bonchev–Trinajstić information content (AvgIpc) is 2.72. The van der Waals surface area contributed by atoms with Crippen molar-refractivity contribution in [3.63, 3.8) is 0 Å². The molecular formula is C16H13ClN2O2. The molecule has 4 nitrogen and oxygen atoms in total. The van der Waals surface area contributed by atoms with E-state index in [0.717, 1.165) is 0 Å². The molecule has 3 rings (SSSR count). The lowest BCUT2D eigenvalue weighted by molar-refractivity contribution is -0.117. The van der Waals surface area contributed by atoms with Gasteiger partial charge in [-0.2, -0.15) is 0 Å². The van der Waals surface area contributed by atoms with Gasteiger partial charge in [-0.15, -0.1) is 0 Å². The second kappa shape index (κ2) is 5.22. The summed E-state index contributed by atoms with van der Waals surface area (Å²) in [6.45, 7) is 1.73. The van der Waals surface area contributed by atoms with Crippen molar-refractivity contribution in [3.05, 3.63) is 59.6 Å². The number of para-hydroxylation sites is 1. The molecule has 21 heavy (non-hydrogen) atoms. The minimum Gasteiger partial charge on any atom is -0.281 e. The number of imide groups is 1. The molecule has 0 saturated carbocycles. The predicted molar refractivity (Wildman–Crippen MR) is 82.7 cm³/mol. The number of anilines is 2. The fourth-order valence-corrected chi connectivity index (χ4v) is 2.54. The van der Waals surface area contributed by atoms with Gasteiger partial charge in [0.1, 0.15) is 6.04 Å². The van der Waals surface area contributed by atoms with Crippen molar-refractivity contribution in [1.29, 1.82) is 0 Å². The fourth-order valence-electron chi connectivity index (χ4n) is 2.42. The molecule has 1 heterocycles. The summed E-state index contributed by atoms with van der Waals surface area (Å²) in [4.78, 5) is 27.7. The van der Waals surface area contributed by atoms with E-state index in [1.165, 1.54) is 9.80 Å². The van der Waals surface area contributed by atoms with E-state index in [9.17, 15) is 9.59 Å². The molecule has 0 N–H and O–H groups in total. The number of hydrogen-bond donors (Lipinski definition) is 0. The normalized spacial score (nSPS) is 18.5. The Hall–Kier alpha value is -2.33. The van der Waals surface area contributed by atoms with Gasteiger partial charge in [-0.3, -0.25) is 9.69 Å². The number of urea groups is 1. The summed E-state index contributed by atoms with van der Waals surface area (Å²) >= 11 is 5.85. The molecule has 2 aromatic rings. The Morgan fingerprint density at radius 1 is 0.905 bits per heavy atom. The number of rotatable bonds is 2. The molecule has 5 heteroatoms. The van der Waals surface area contributed by atoms with Crippen molar-refractivity contribution in [2.45, 2.75) is 13.0 Å².